The summed E-state index contributed by atoms with van der Waals surface area (Å²) in [5, 5.41) is 2.93. The molecule has 1 atom stereocenters. The number of hydrogen-bond donors (Lipinski definition) is 1. The summed E-state index contributed by atoms with van der Waals surface area (Å²) in [5.74, 6) is 0.342. The highest BCUT2D eigenvalue weighted by atomic mass is 32.1. The zero-order valence-electron chi connectivity index (χ0n) is 13.5. The number of rotatable bonds is 3. The Morgan fingerprint density at radius 3 is 2.80 bits per heavy atom. The van der Waals surface area contributed by atoms with Crippen LogP contribution in [0.1, 0.15) is 22.8 Å². The van der Waals surface area contributed by atoms with E-state index in [1.54, 1.807) is 19.2 Å². The van der Waals surface area contributed by atoms with Crippen LogP contribution in [0.25, 0.3) is 11.3 Å². The van der Waals surface area contributed by atoms with Gasteiger partial charge in [-0.2, -0.15) is 4.37 Å². The molecule has 2 heterocycles. The second kappa shape index (κ2) is 6.29. The highest BCUT2D eigenvalue weighted by molar-refractivity contribution is 7.07. The van der Waals surface area contributed by atoms with Gasteiger partial charge in [0.2, 0.25) is 5.91 Å². The van der Waals surface area contributed by atoms with Crippen molar-refractivity contribution in [1.29, 1.82) is 0 Å². The van der Waals surface area contributed by atoms with Gasteiger partial charge < -0.3 is 10.1 Å². The minimum Gasteiger partial charge on any atom is -0.497 e. The largest absolute Gasteiger partial charge is 0.497 e. The Kier molecular flexibility index (Phi) is 3.97. The van der Waals surface area contributed by atoms with E-state index in [9.17, 15) is 9.18 Å². The van der Waals surface area contributed by atoms with E-state index in [0.717, 1.165) is 27.4 Å². The van der Waals surface area contributed by atoms with Gasteiger partial charge in [0.1, 0.15) is 17.3 Å². The second-order valence-corrected chi connectivity index (χ2v) is 6.66. The molecule has 1 aliphatic heterocycles. The van der Waals surface area contributed by atoms with Gasteiger partial charge in [0.25, 0.3) is 0 Å². The molecule has 4 nitrogen and oxygen atoms in total. The highest BCUT2D eigenvalue weighted by Crippen LogP contribution is 2.45. The molecule has 4 rings (SSSR count). The van der Waals surface area contributed by atoms with E-state index in [1.807, 2.05) is 24.3 Å². The lowest BCUT2D eigenvalue weighted by molar-refractivity contribution is -0.116. The summed E-state index contributed by atoms with van der Waals surface area (Å²) in [6.07, 6.45) is 0.366. The number of ether oxygens (including phenoxy) is 1. The molecule has 2 aromatic carbocycles. The molecule has 0 fully saturated rings. The van der Waals surface area contributed by atoms with Crippen molar-refractivity contribution in [2.45, 2.75) is 12.3 Å². The average Bonchev–Trinajstić information content (AvgIpc) is 3.05. The number of halogens is 1. The minimum absolute atomic E-state index is 0.0520. The number of carbonyl (C=O) groups excluding carboxylic acids is 1. The SMILES string of the molecule is COc1cccc([C@@H]2CC(=O)Nc3c(-c4ccc(F)cc4)nsc32)c1. The Morgan fingerprint density at radius 1 is 1.24 bits per heavy atom. The van der Waals surface area contributed by atoms with Crippen molar-refractivity contribution in [3.05, 3.63) is 64.8 Å². The Bertz CT molecular complexity index is 937. The second-order valence-electron chi connectivity index (χ2n) is 5.86. The molecule has 25 heavy (non-hydrogen) atoms. The van der Waals surface area contributed by atoms with Crippen LogP contribution in [0.4, 0.5) is 10.1 Å². The molecule has 1 aromatic heterocycles. The maximum atomic E-state index is 13.2. The lowest BCUT2D eigenvalue weighted by Crippen LogP contribution is -2.22. The number of fused-ring (bicyclic) bond motifs is 1. The zero-order chi connectivity index (χ0) is 17.4. The van der Waals surface area contributed by atoms with Gasteiger partial charge in [-0.3, -0.25) is 4.79 Å². The molecule has 0 aliphatic carbocycles. The number of nitrogens with one attached hydrogen (secondary N) is 1. The van der Waals surface area contributed by atoms with Crippen molar-refractivity contribution in [3.63, 3.8) is 0 Å². The Morgan fingerprint density at radius 2 is 2.04 bits per heavy atom. The van der Waals surface area contributed by atoms with Crippen LogP contribution in [-0.2, 0) is 4.79 Å². The zero-order valence-corrected chi connectivity index (χ0v) is 14.3. The highest BCUT2D eigenvalue weighted by Gasteiger charge is 2.31. The van der Waals surface area contributed by atoms with E-state index in [0.29, 0.717) is 12.1 Å². The summed E-state index contributed by atoms with van der Waals surface area (Å²) in [6.45, 7) is 0. The van der Waals surface area contributed by atoms with Gasteiger partial charge in [0.15, 0.2) is 0 Å². The minimum atomic E-state index is -0.300. The molecule has 126 valence electrons. The first-order chi connectivity index (χ1) is 12.2. The van der Waals surface area contributed by atoms with Crippen LogP contribution < -0.4 is 10.1 Å². The molecular weight excluding hydrogens is 339 g/mol. The summed E-state index contributed by atoms with van der Waals surface area (Å²) in [5.41, 5.74) is 3.21. The van der Waals surface area contributed by atoms with Gasteiger partial charge in [-0.25, -0.2) is 4.39 Å². The first-order valence-electron chi connectivity index (χ1n) is 7.85. The number of aromatic nitrogens is 1. The molecular formula is C19H15FN2O2S. The van der Waals surface area contributed by atoms with Gasteiger partial charge in [0, 0.05) is 17.9 Å². The molecule has 0 saturated carbocycles. The smallest absolute Gasteiger partial charge is 0.225 e. The fourth-order valence-corrected chi connectivity index (χ4v) is 4.03. The topological polar surface area (TPSA) is 51.2 Å². The normalized spacial score (nSPS) is 16.2. The fraction of sp³-hybridized carbons (Fsp3) is 0.158. The summed E-state index contributed by atoms with van der Waals surface area (Å²) < 4.78 is 23.0. The van der Waals surface area contributed by atoms with Crippen molar-refractivity contribution < 1.29 is 13.9 Å². The molecule has 0 saturated heterocycles. The van der Waals surface area contributed by atoms with Crippen LogP contribution in [0.15, 0.2) is 48.5 Å². The summed E-state index contributed by atoms with van der Waals surface area (Å²) in [6, 6.07) is 13.9. The average molecular weight is 354 g/mol. The van der Waals surface area contributed by atoms with Gasteiger partial charge >= 0.3 is 0 Å². The third-order valence-electron chi connectivity index (χ3n) is 4.30. The molecule has 0 radical (unpaired) electrons. The standard InChI is InChI=1S/C19H15FN2O2S/c1-24-14-4-2-3-12(9-14)15-10-16(23)21-18-17(22-25-19(15)18)11-5-7-13(20)8-6-11/h2-9,15H,10H2,1H3,(H,21,23)/t15-/m0/s1. The van der Waals surface area contributed by atoms with Crippen LogP contribution in [0.5, 0.6) is 5.75 Å². The predicted molar refractivity (Wildman–Crippen MR) is 95.6 cm³/mol. The predicted octanol–water partition coefficient (Wildman–Crippen LogP) is 4.43. The van der Waals surface area contributed by atoms with E-state index < -0.39 is 0 Å². The van der Waals surface area contributed by atoms with Crippen LogP contribution in [0.3, 0.4) is 0 Å². The molecule has 0 bridgehead atoms. The number of amides is 1. The van der Waals surface area contributed by atoms with E-state index >= 15 is 0 Å². The Labute approximate surface area is 148 Å². The molecule has 0 unspecified atom stereocenters. The number of nitrogens with zero attached hydrogens (tertiary/aromatic N) is 1. The van der Waals surface area contributed by atoms with E-state index in [1.165, 1.54) is 23.7 Å². The van der Waals surface area contributed by atoms with Crippen molar-refractivity contribution in [3.8, 4) is 17.0 Å². The summed E-state index contributed by atoms with van der Waals surface area (Å²) in [4.78, 5) is 13.3. The molecule has 6 heteroatoms. The van der Waals surface area contributed by atoms with Gasteiger partial charge in [-0.1, -0.05) is 12.1 Å². The van der Waals surface area contributed by atoms with Crippen LogP contribution >= 0.6 is 11.5 Å². The maximum absolute atomic E-state index is 13.2. The Balaban J connectivity index is 1.79. The number of benzene rings is 2. The fourth-order valence-electron chi connectivity index (χ4n) is 3.06. The summed E-state index contributed by atoms with van der Waals surface area (Å²) in [7, 11) is 1.62. The van der Waals surface area contributed by atoms with Gasteiger partial charge in [-0.15, -0.1) is 0 Å². The van der Waals surface area contributed by atoms with E-state index in [2.05, 4.69) is 9.69 Å². The quantitative estimate of drug-likeness (QED) is 0.757. The van der Waals surface area contributed by atoms with Crippen molar-refractivity contribution in [1.82, 2.24) is 4.37 Å². The maximum Gasteiger partial charge on any atom is 0.225 e. The van der Waals surface area contributed by atoms with Crippen LogP contribution in [-0.4, -0.2) is 17.4 Å². The van der Waals surface area contributed by atoms with Crippen molar-refractivity contribution >= 4 is 23.1 Å². The number of methoxy groups -OCH3 is 1. The van der Waals surface area contributed by atoms with Crippen LogP contribution in [0.2, 0.25) is 0 Å². The lowest BCUT2D eigenvalue weighted by Gasteiger charge is -2.23. The molecule has 1 N–H and O–H groups in total. The van der Waals surface area contributed by atoms with Crippen molar-refractivity contribution in [2.24, 2.45) is 0 Å². The van der Waals surface area contributed by atoms with E-state index in [-0.39, 0.29) is 17.6 Å². The molecule has 1 aliphatic rings. The molecule has 3 aromatic rings. The molecule has 1 amide bonds. The van der Waals surface area contributed by atoms with Crippen molar-refractivity contribution in [2.75, 3.05) is 12.4 Å². The monoisotopic (exact) mass is 354 g/mol. The van der Waals surface area contributed by atoms with E-state index in [4.69, 9.17) is 4.74 Å². The third kappa shape index (κ3) is 2.89. The van der Waals surface area contributed by atoms with Gasteiger partial charge in [0.05, 0.1) is 17.7 Å². The summed E-state index contributed by atoms with van der Waals surface area (Å²) >= 11 is 1.37. The van der Waals surface area contributed by atoms with Crippen LogP contribution in [0, 0.1) is 5.82 Å². The third-order valence-corrected chi connectivity index (χ3v) is 5.26. The van der Waals surface area contributed by atoms with Gasteiger partial charge in [-0.05, 0) is 53.5 Å². The first-order valence-corrected chi connectivity index (χ1v) is 8.62. The number of carbonyl (C=O) groups is 1. The number of hydrogen-bond acceptors (Lipinski definition) is 4. The lowest BCUT2D eigenvalue weighted by atomic mass is 9.89. The number of anilines is 1. The first kappa shape index (κ1) is 15.8. The molecule has 0 spiro atoms. The Hall–Kier alpha value is -2.73.